The number of carbonyl (C=O) groups is 2. The molecule has 0 unspecified atom stereocenters. The van der Waals surface area contributed by atoms with Crippen molar-refractivity contribution in [2.24, 2.45) is 16.5 Å². The number of fused-ring (bicyclic) bond motifs is 1. The van der Waals surface area contributed by atoms with E-state index in [1.54, 1.807) is 18.2 Å². The average molecular weight is 431 g/mol. The quantitative estimate of drug-likeness (QED) is 0.201. The number of rotatable bonds is 1. The van der Waals surface area contributed by atoms with E-state index < -0.39 is 18.8 Å². The maximum Gasteiger partial charge on any atom is 0.490 e. The first-order chi connectivity index (χ1) is 13.3. The van der Waals surface area contributed by atoms with Crippen molar-refractivity contribution in [2.45, 2.75) is 12.9 Å². The molecule has 0 spiro atoms. The number of guanidine groups is 1. The van der Waals surface area contributed by atoms with Gasteiger partial charge in [-0.1, -0.05) is 18.2 Å². The zero-order valence-corrected chi connectivity index (χ0v) is 14.1. The lowest BCUT2D eigenvalue weighted by molar-refractivity contribution is -0.192. The SMILES string of the molecule is FC(F)F.NC(N)=Nc1cccc2ccc(O)cc12.O=C(O)C(F)(F)F.O=CO. The summed E-state index contributed by atoms with van der Waals surface area (Å²) in [5, 5.41) is 25.2. The van der Waals surface area contributed by atoms with E-state index in [0.29, 0.717) is 5.69 Å². The summed E-state index contributed by atoms with van der Waals surface area (Å²) in [4.78, 5) is 21.2. The van der Waals surface area contributed by atoms with Gasteiger partial charge in [-0.3, -0.25) is 4.79 Å². The fourth-order valence-corrected chi connectivity index (χ4v) is 1.48. The number of aliphatic imine (C=N–C) groups is 1. The van der Waals surface area contributed by atoms with Gasteiger partial charge in [0.05, 0.1) is 5.69 Å². The Bertz CT molecular complexity index is 808. The molecule has 0 fully saturated rings. The molecule has 0 aromatic heterocycles. The number of carboxylic acids is 1. The molecule has 0 aliphatic heterocycles. The number of phenols is 1. The average Bonchev–Trinajstić information content (AvgIpc) is 2.55. The molecule has 0 saturated heterocycles. The molecule has 0 radical (unpaired) electrons. The van der Waals surface area contributed by atoms with Gasteiger partial charge in [-0.2, -0.15) is 26.3 Å². The molecular formula is C15H15F6N3O5. The number of benzene rings is 2. The van der Waals surface area contributed by atoms with Gasteiger partial charge in [0.15, 0.2) is 5.96 Å². The standard InChI is InChI=1S/C11H11N3O.C2HF3O2.CHF3.CH2O2/c12-11(13)14-10-3-1-2-7-4-5-8(15)6-9(7)10;3-2(4,5)1(6)7;2-1(3)4;2-1-3/h1-6,15H,(H4,12,13,14);(H,6,7);1H;1H,(H,2,3). The second-order valence-electron chi connectivity index (χ2n) is 4.38. The number of aromatic hydroxyl groups is 1. The van der Waals surface area contributed by atoms with Crippen LogP contribution in [0.1, 0.15) is 0 Å². The van der Waals surface area contributed by atoms with Gasteiger partial charge >= 0.3 is 18.8 Å². The molecule has 2 aromatic rings. The normalized spacial score (nSPS) is 9.62. The fraction of sp³-hybridized carbons (Fsp3) is 0.133. The van der Waals surface area contributed by atoms with Crippen LogP contribution in [0, 0.1) is 0 Å². The van der Waals surface area contributed by atoms with Crippen LogP contribution in [0.2, 0.25) is 0 Å². The fourth-order valence-electron chi connectivity index (χ4n) is 1.48. The van der Waals surface area contributed by atoms with Crippen molar-refractivity contribution in [1.29, 1.82) is 0 Å². The van der Waals surface area contributed by atoms with Gasteiger partial charge in [-0.15, -0.1) is 0 Å². The topological polar surface area (TPSA) is 159 Å². The van der Waals surface area contributed by atoms with Crippen molar-refractivity contribution in [3.63, 3.8) is 0 Å². The summed E-state index contributed by atoms with van der Waals surface area (Å²) in [5.74, 6) is -2.56. The van der Waals surface area contributed by atoms with Gasteiger partial charge in [-0.25, -0.2) is 9.79 Å². The highest BCUT2D eigenvalue weighted by Gasteiger charge is 2.38. The summed E-state index contributed by atoms with van der Waals surface area (Å²) in [6, 6.07) is 10.7. The highest BCUT2D eigenvalue weighted by Crippen LogP contribution is 2.28. The predicted octanol–water partition coefficient (Wildman–Crippen LogP) is 2.96. The smallest absolute Gasteiger partial charge is 0.490 e. The van der Waals surface area contributed by atoms with Gasteiger partial charge in [0, 0.05) is 5.39 Å². The molecule has 0 heterocycles. The maximum absolute atomic E-state index is 10.6. The Labute approximate surface area is 158 Å². The minimum absolute atomic E-state index is 0.00541. The van der Waals surface area contributed by atoms with Crippen LogP contribution >= 0.6 is 0 Å². The van der Waals surface area contributed by atoms with Gasteiger partial charge in [0.1, 0.15) is 5.75 Å². The molecule has 8 nitrogen and oxygen atoms in total. The molecule has 0 amide bonds. The molecule has 2 rings (SSSR count). The highest BCUT2D eigenvalue weighted by atomic mass is 19.4. The molecular weight excluding hydrogens is 416 g/mol. The summed E-state index contributed by atoms with van der Waals surface area (Å²) in [6.45, 7) is -3.92. The third-order valence-electron chi connectivity index (χ3n) is 2.33. The van der Waals surface area contributed by atoms with Crippen LogP contribution in [0.25, 0.3) is 10.8 Å². The Morgan fingerprint density at radius 2 is 1.55 bits per heavy atom. The van der Waals surface area contributed by atoms with E-state index in [1.807, 2.05) is 18.2 Å². The van der Waals surface area contributed by atoms with Gasteiger partial charge in [0.2, 0.25) is 0 Å². The lowest BCUT2D eigenvalue weighted by Crippen LogP contribution is -2.21. The van der Waals surface area contributed by atoms with Crippen molar-refractivity contribution in [3.8, 4) is 5.75 Å². The Morgan fingerprint density at radius 1 is 1.10 bits per heavy atom. The zero-order chi connectivity index (χ0) is 23.2. The minimum Gasteiger partial charge on any atom is -0.508 e. The number of halogens is 6. The van der Waals surface area contributed by atoms with Crippen molar-refractivity contribution in [1.82, 2.24) is 0 Å². The van der Waals surface area contributed by atoms with Crippen LogP contribution in [0.4, 0.5) is 32.0 Å². The molecule has 29 heavy (non-hydrogen) atoms. The Morgan fingerprint density at radius 3 is 1.93 bits per heavy atom. The van der Waals surface area contributed by atoms with E-state index >= 15 is 0 Å². The van der Waals surface area contributed by atoms with Crippen LogP contribution in [-0.4, -0.2) is 46.6 Å². The number of nitrogens with zero attached hydrogens (tertiary/aromatic N) is 1. The van der Waals surface area contributed by atoms with E-state index in [-0.39, 0.29) is 18.2 Å². The Hall–Kier alpha value is -3.71. The maximum atomic E-state index is 10.6. The van der Waals surface area contributed by atoms with Crippen LogP contribution in [0.5, 0.6) is 5.75 Å². The number of hydrogen-bond acceptors (Lipinski definition) is 4. The van der Waals surface area contributed by atoms with E-state index in [0.717, 1.165) is 10.8 Å². The minimum atomic E-state index is -5.08. The summed E-state index contributed by atoms with van der Waals surface area (Å²) < 4.78 is 60.7. The summed E-state index contributed by atoms with van der Waals surface area (Å²) in [7, 11) is 0. The number of aliphatic carboxylic acids is 1. The van der Waals surface area contributed by atoms with Gasteiger partial charge < -0.3 is 26.8 Å². The summed E-state index contributed by atoms with van der Waals surface area (Å²) in [5.41, 5.74) is 11.3. The monoisotopic (exact) mass is 431 g/mol. The predicted molar refractivity (Wildman–Crippen MR) is 90.6 cm³/mol. The molecule has 0 saturated carbocycles. The van der Waals surface area contributed by atoms with Crippen molar-refractivity contribution >= 4 is 34.9 Å². The van der Waals surface area contributed by atoms with Gasteiger partial charge in [0.25, 0.3) is 6.47 Å². The first kappa shape index (κ1) is 27.5. The second kappa shape index (κ2) is 13.5. The van der Waals surface area contributed by atoms with Crippen molar-refractivity contribution in [3.05, 3.63) is 36.4 Å². The van der Waals surface area contributed by atoms with Crippen molar-refractivity contribution < 1.29 is 51.3 Å². The molecule has 7 N–H and O–H groups in total. The second-order valence-corrected chi connectivity index (χ2v) is 4.38. The Balaban J connectivity index is 0. The highest BCUT2D eigenvalue weighted by molar-refractivity contribution is 5.95. The number of phenolic OH excluding ortho intramolecular Hbond substituents is 1. The van der Waals surface area contributed by atoms with E-state index in [1.165, 1.54) is 0 Å². The Kier molecular flexibility index (Phi) is 12.8. The van der Waals surface area contributed by atoms with Crippen LogP contribution in [0.3, 0.4) is 0 Å². The number of alkyl halides is 6. The zero-order valence-electron chi connectivity index (χ0n) is 14.1. The lowest BCUT2D eigenvalue weighted by Gasteiger charge is -2.02. The first-order valence-electron chi connectivity index (χ1n) is 6.87. The lowest BCUT2D eigenvalue weighted by atomic mass is 10.1. The first-order valence-corrected chi connectivity index (χ1v) is 6.87. The molecule has 14 heteroatoms. The third kappa shape index (κ3) is 14.1. The van der Waals surface area contributed by atoms with Gasteiger partial charge in [-0.05, 0) is 23.6 Å². The van der Waals surface area contributed by atoms with Crippen LogP contribution in [0.15, 0.2) is 41.4 Å². The molecule has 2 aromatic carbocycles. The summed E-state index contributed by atoms with van der Waals surface area (Å²) >= 11 is 0. The van der Waals surface area contributed by atoms with Crippen molar-refractivity contribution in [2.75, 3.05) is 0 Å². The number of nitrogens with two attached hydrogens (primary N) is 2. The summed E-state index contributed by atoms with van der Waals surface area (Å²) in [6.07, 6.45) is -5.08. The number of hydrogen-bond donors (Lipinski definition) is 5. The molecule has 0 aliphatic carbocycles. The van der Waals surface area contributed by atoms with E-state index in [2.05, 4.69) is 4.99 Å². The molecule has 0 bridgehead atoms. The van der Waals surface area contributed by atoms with E-state index in [4.69, 9.17) is 31.3 Å². The molecule has 162 valence electrons. The molecule has 0 aliphatic rings. The largest absolute Gasteiger partial charge is 0.508 e. The molecule has 0 atom stereocenters. The number of carboxylic acid groups (broad SMARTS) is 2. The third-order valence-corrected chi connectivity index (χ3v) is 2.33. The van der Waals surface area contributed by atoms with Crippen LogP contribution in [-0.2, 0) is 9.59 Å². The van der Waals surface area contributed by atoms with E-state index in [9.17, 15) is 31.4 Å². The van der Waals surface area contributed by atoms with Crippen LogP contribution < -0.4 is 11.5 Å².